The molecule has 9 rings (SSSR count). The number of piperazine rings is 1. The largest absolute Gasteiger partial charge is 0.493 e. The van der Waals surface area contributed by atoms with Crippen molar-refractivity contribution in [2.45, 2.75) is 44.3 Å². The Bertz CT molecular complexity index is 2910. The maximum Gasteiger partial charge on any atom is 0.329 e. The second kappa shape index (κ2) is 18.5. The van der Waals surface area contributed by atoms with Gasteiger partial charge in [0.2, 0.25) is 5.91 Å². The fourth-order valence-electron chi connectivity index (χ4n) is 9.68. The Morgan fingerprint density at radius 1 is 0.853 bits per heavy atom. The lowest BCUT2D eigenvalue weighted by Gasteiger charge is -2.46. The molecular formula is C48H52F2N8O9S. The van der Waals surface area contributed by atoms with Crippen LogP contribution in [0.1, 0.15) is 57.7 Å². The number of benzene rings is 4. The first kappa shape index (κ1) is 46.5. The molecule has 1 N–H and O–H groups in total. The number of ether oxygens (including phenoxy) is 3. The first-order valence-electron chi connectivity index (χ1n) is 22.4. The Morgan fingerprint density at radius 3 is 2.28 bits per heavy atom. The zero-order valence-corrected chi connectivity index (χ0v) is 38.9. The summed E-state index contributed by atoms with van der Waals surface area (Å²) in [5, 5.41) is 7.57. The number of likely N-dealkylation sites (tertiary alicyclic amines) is 1. The van der Waals surface area contributed by atoms with Crippen molar-refractivity contribution < 1.29 is 50.6 Å². The van der Waals surface area contributed by atoms with Crippen molar-refractivity contribution in [2.24, 2.45) is 7.05 Å². The summed E-state index contributed by atoms with van der Waals surface area (Å²) in [5.41, 5.74) is 2.98. The number of urea groups is 1. The molecule has 0 saturated carbocycles. The quantitative estimate of drug-likeness (QED) is 0.136. The third kappa shape index (κ3) is 9.31. The van der Waals surface area contributed by atoms with Crippen LogP contribution in [0.2, 0.25) is 0 Å². The van der Waals surface area contributed by atoms with E-state index < -0.39 is 51.4 Å². The van der Waals surface area contributed by atoms with Crippen molar-refractivity contribution in [1.29, 1.82) is 0 Å². The zero-order chi connectivity index (χ0) is 48.1. The third-order valence-corrected chi connectivity index (χ3v) is 13.9. The molecule has 3 saturated heterocycles. The predicted molar refractivity (Wildman–Crippen MR) is 249 cm³/mol. The summed E-state index contributed by atoms with van der Waals surface area (Å²) >= 11 is 0. The van der Waals surface area contributed by atoms with Crippen molar-refractivity contribution in [3.8, 4) is 23.0 Å². The molecule has 5 aromatic rings. The van der Waals surface area contributed by atoms with Gasteiger partial charge in [-0.3, -0.25) is 44.0 Å². The van der Waals surface area contributed by atoms with Gasteiger partial charge in [-0.1, -0.05) is 18.2 Å². The number of hydrogen-bond acceptors (Lipinski definition) is 13. The monoisotopic (exact) mass is 954 g/mol. The average molecular weight is 955 g/mol. The number of aryl methyl sites for hydroxylation is 1. The van der Waals surface area contributed by atoms with Gasteiger partial charge in [0.25, 0.3) is 17.7 Å². The minimum Gasteiger partial charge on any atom is -0.493 e. The Hall–Kier alpha value is -6.64. The highest BCUT2D eigenvalue weighted by atomic mass is 32.2. The van der Waals surface area contributed by atoms with E-state index in [1.165, 1.54) is 12.0 Å². The molecule has 17 nitrogen and oxygen atoms in total. The van der Waals surface area contributed by atoms with Gasteiger partial charge < -0.3 is 19.1 Å². The van der Waals surface area contributed by atoms with Gasteiger partial charge in [-0.05, 0) is 79.1 Å². The molecule has 4 aliphatic heterocycles. The average Bonchev–Trinajstić information content (AvgIpc) is 3.76. The smallest absolute Gasteiger partial charge is 0.329 e. The standard InChI is InChI=1S/C48H52F2N8O9S/c1-5-66-41-24-31(8-15-40(41)65-3)39(28-68(4,63)64)58-45(60)35-13-9-32(25-37(35)46(58)61)55-20-22-56(23-21-55)42-16-18-54(29-48(42,49)50)27-30-6-10-33(11-7-30)67-34-12-14-36-38(26-34)53(2)52-44(36)57-19-17-43(59)51-47(57)62/h6-15,24-26,39,42H,5,16-23,27-29H2,1-4H3,(H,51,59,62)/t39-,42+/m1/s1. The van der Waals surface area contributed by atoms with Crippen LogP contribution in [0.25, 0.3) is 10.9 Å². The summed E-state index contributed by atoms with van der Waals surface area (Å²) in [4.78, 5) is 60.1. The van der Waals surface area contributed by atoms with Gasteiger partial charge in [-0.15, -0.1) is 0 Å². The number of aromatic nitrogens is 2. The van der Waals surface area contributed by atoms with Crippen LogP contribution in [0.15, 0.2) is 78.9 Å². The Balaban J connectivity index is 0.796. The number of amides is 5. The summed E-state index contributed by atoms with van der Waals surface area (Å²) in [5.74, 6) is -2.68. The van der Waals surface area contributed by atoms with E-state index >= 15 is 8.78 Å². The van der Waals surface area contributed by atoms with E-state index in [1.807, 2.05) is 34.1 Å². The molecule has 20 heteroatoms. The molecule has 0 spiro atoms. The van der Waals surface area contributed by atoms with E-state index in [2.05, 4.69) is 10.4 Å². The number of methoxy groups -OCH3 is 1. The molecule has 5 heterocycles. The number of piperidine rings is 1. The van der Waals surface area contributed by atoms with Gasteiger partial charge >= 0.3 is 6.03 Å². The highest BCUT2D eigenvalue weighted by Gasteiger charge is 2.48. The molecule has 3 fully saturated rings. The molecule has 2 atom stereocenters. The lowest BCUT2D eigenvalue weighted by Crippen LogP contribution is -2.61. The molecule has 4 aromatic carbocycles. The molecule has 0 bridgehead atoms. The number of fused-ring (bicyclic) bond motifs is 2. The first-order valence-corrected chi connectivity index (χ1v) is 24.5. The van der Waals surface area contributed by atoms with Crippen molar-refractivity contribution in [3.05, 3.63) is 101 Å². The molecular weight excluding hydrogens is 903 g/mol. The molecule has 68 heavy (non-hydrogen) atoms. The summed E-state index contributed by atoms with van der Waals surface area (Å²) in [6.07, 6.45) is 1.52. The maximum atomic E-state index is 16.0. The number of hydrogen-bond donors (Lipinski definition) is 1. The number of anilines is 2. The minimum atomic E-state index is -3.68. The fourth-order valence-corrected chi connectivity index (χ4v) is 10.6. The van der Waals surface area contributed by atoms with Gasteiger partial charge in [-0.25, -0.2) is 22.0 Å². The topological polar surface area (TPSA) is 176 Å². The van der Waals surface area contributed by atoms with Gasteiger partial charge in [0, 0.05) is 82.7 Å². The number of halogens is 2. The number of carbonyl (C=O) groups excluding carboxylic acids is 4. The van der Waals surface area contributed by atoms with Crippen molar-refractivity contribution in [3.63, 3.8) is 0 Å². The normalized spacial score (nSPS) is 19.6. The predicted octanol–water partition coefficient (Wildman–Crippen LogP) is 5.63. The van der Waals surface area contributed by atoms with Crippen LogP contribution >= 0.6 is 0 Å². The Morgan fingerprint density at radius 2 is 1.59 bits per heavy atom. The molecule has 1 aromatic heterocycles. The minimum absolute atomic E-state index is 0.151. The van der Waals surface area contributed by atoms with Gasteiger partial charge in [0.05, 0.1) is 54.7 Å². The van der Waals surface area contributed by atoms with Crippen LogP contribution < -0.4 is 29.3 Å². The Labute approximate surface area is 392 Å². The van der Waals surface area contributed by atoms with Gasteiger partial charge in [0.15, 0.2) is 17.3 Å². The lowest BCUT2D eigenvalue weighted by atomic mass is 9.97. The summed E-state index contributed by atoms with van der Waals surface area (Å²) in [7, 11) is -0.437. The van der Waals surface area contributed by atoms with Crippen LogP contribution in [0.3, 0.4) is 0 Å². The molecule has 0 unspecified atom stereocenters. The number of sulfone groups is 1. The number of nitrogens with one attached hydrogen (secondary N) is 1. The second-order valence-corrected chi connectivity index (χ2v) is 19.8. The lowest BCUT2D eigenvalue weighted by molar-refractivity contribution is -0.129. The summed E-state index contributed by atoms with van der Waals surface area (Å²) in [6, 6.07) is 19.9. The van der Waals surface area contributed by atoms with Crippen molar-refractivity contribution >= 4 is 56.0 Å². The van der Waals surface area contributed by atoms with E-state index in [0.717, 1.165) is 27.6 Å². The summed E-state index contributed by atoms with van der Waals surface area (Å²) in [6.45, 7) is 4.38. The van der Waals surface area contributed by atoms with E-state index in [1.54, 1.807) is 78.2 Å². The number of imide groups is 2. The van der Waals surface area contributed by atoms with E-state index in [0.29, 0.717) is 85.9 Å². The van der Waals surface area contributed by atoms with Crippen LogP contribution in [-0.2, 0) is 28.2 Å². The van der Waals surface area contributed by atoms with Crippen LogP contribution in [-0.4, -0.2) is 140 Å². The highest BCUT2D eigenvalue weighted by Crippen LogP contribution is 2.39. The van der Waals surface area contributed by atoms with E-state index in [9.17, 15) is 27.6 Å². The van der Waals surface area contributed by atoms with Crippen molar-refractivity contribution in [2.75, 3.05) is 81.3 Å². The number of carbonyl (C=O) groups is 4. The first-order chi connectivity index (χ1) is 32.5. The van der Waals surface area contributed by atoms with Crippen LogP contribution in [0, 0.1) is 0 Å². The molecule has 0 aliphatic carbocycles. The third-order valence-electron chi connectivity index (χ3n) is 13.0. The zero-order valence-electron chi connectivity index (χ0n) is 38.1. The number of nitrogens with zero attached hydrogens (tertiary/aromatic N) is 7. The highest BCUT2D eigenvalue weighted by molar-refractivity contribution is 7.90. The molecule has 358 valence electrons. The van der Waals surface area contributed by atoms with Crippen molar-refractivity contribution in [1.82, 2.24) is 29.8 Å². The SMILES string of the molecule is CCOc1cc([C@@H](CS(C)(=O)=O)N2C(=O)c3ccc(N4CCN([C@H]5CCN(Cc6ccc(Oc7ccc8c(N9CCC(=O)NC9=O)nn(C)c8c7)cc6)CC5(F)F)CC4)cc3C2=O)ccc1OC. The molecule has 5 amide bonds. The van der Waals surface area contributed by atoms with Crippen LogP contribution in [0.5, 0.6) is 23.0 Å². The fraction of sp³-hybridized carbons (Fsp3) is 0.396. The molecule has 0 radical (unpaired) electrons. The number of rotatable bonds is 14. The molecule has 4 aliphatic rings. The van der Waals surface area contributed by atoms with E-state index in [4.69, 9.17) is 14.2 Å². The van der Waals surface area contributed by atoms with Gasteiger partial charge in [-0.2, -0.15) is 5.10 Å². The Kier molecular flexibility index (Phi) is 12.6. The summed E-state index contributed by atoms with van der Waals surface area (Å²) < 4.78 is 76.2. The van der Waals surface area contributed by atoms with Gasteiger partial charge in [0.1, 0.15) is 21.3 Å². The number of alkyl halides is 2. The van der Waals surface area contributed by atoms with Crippen LogP contribution in [0.4, 0.5) is 25.1 Å². The van der Waals surface area contributed by atoms with E-state index in [-0.39, 0.29) is 43.0 Å². The maximum absolute atomic E-state index is 16.0. The second-order valence-electron chi connectivity index (χ2n) is 17.6.